The van der Waals surface area contributed by atoms with Crippen LogP contribution in [0.4, 0.5) is 0 Å². The van der Waals surface area contributed by atoms with Gasteiger partial charge in [0.2, 0.25) is 0 Å². The Kier molecular flexibility index (Phi) is 58.4. The van der Waals surface area contributed by atoms with Gasteiger partial charge in [-0.1, -0.05) is 250 Å². The highest BCUT2D eigenvalue weighted by Crippen LogP contribution is 2.16. The average Bonchev–Trinajstić information content (AvgIpc) is 4.19. The number of Topliss-reactive ketones (excluding diaryl/α,β-unsaturated/α-hetero) is 3. The number of ether oxygens (including phenoxy) is 2. The van der Waals surface area contributed by atoms with Crippen LogP contribution in [-0.4, -0.2) is 41.5 Å². The first-order valence-electron chi connectivity index (χ1n) is 33.5. The van der Waals surface area contributed by atoms with Crippen molar-refractivity contribution >= 4 is 29.3 Å². The van der Waals surface area contributed by atoms with Crippen LogP contribution >= 0.6 is 0 Å². The quantitative estimate of drug-likeness (QED) is 0.0475. The van der Waals surface area contributed by atoms with Crippen LogP contribution in [0.2, 0.25) is 0 Å². The molecule has 0 bridgehead atoms. The van der Waals surface area contributed by atoms with E-state index in [2.05, 4.69) is 121 Å². The summed E-state index contributed by atoms with van der Waals surface area (Å²) < 4.78 is 19.9. The zero-order valence-corrected chi connectivity index (χ0v) is 59.8. The van der Waals surface area contributed by atoms with Crippen molar-refractivity contribution in [3.63, 3.8) is 0 Å². The van der Waals surface area contributed by atoms with Crippen LogP contribution in [0.5, 0.6) is 0 Å². The molecule has 0 saturated heterocycles. The second-order valence-electron chi connectivity index (χ2n) is 21.1. The minimum Gasteiger partial charge on any atom is -0.463 e. The maximum absolute atomic E-state index is 11.4. The summed E-state index contributed by atoms with van der Waals surface area (Å²) >= 11 is 0. The molecule has 0 spiro atoms. The van der Waals surface area contributed by atoms with Gasteiger partial charge in [0.25, 0.3) is 0 Å². The monoisotopic (exact) mass is 1230 g/mol. The molecular weight excluding hydrogens is 1110 g/mol. The van der Waals surface area contributed by atoms with Gasteiger partial charge < -0.3 is 18.3 Å². The largest absolute Gasteiger partial charge is 0.519 e. The molecule has 1 aromatic heterocycles. The summed E-state index contributed by atoms with van der Waals surface area (Å²) in [7, 11) is 0. The van der Waals surface area contributed by atoms with Crippen molar-refractivity contribution in [3.8, 4) is 0 Å². The summed E-state index contributed by atoms with van der Waals surface area (Å²) in [6, 6.07) is 41.1. The van der Waals surface area contributed by atoms with E-state index in [1.807, 2.05) is 152 Å². The summed E-state index contributed by atoms with van der Waals surface area (Å²) in [5.41, 5.74) is 12.0. The third-order valence-corrected chi connectivity index (χ3v) is 12.3. The van der Waals surface area contributed by atoms with Crippen LogP contribution < -0.4 is 5.82 Å². The molecule has 0 aliphatic rings. The molecule has 6 rings (SSSR count). The maximum Gasteiger partial charge on any atom is 0.519 e. The van der Waals surface area contributed by atoms with E-state index in [0.717, 1.165) is 73.6 Å². The predicted octanol–water partition coefficient (Wildman–Crippen LogP) is 21.0. The fraction of sp³-hybridized carbons (Fsp3) is 0.519. The number of rotatable bonds is 22. The molecule has 0 fully saturated rings. The van der Waals surface area contributed by atoms with Gasteiger partial charge >= 0.3 is 17.8 Å². The fourth-order valence-electron chi connectivity index (χ4n) is 7.34. The van der Waals surface area contributed by atoms with Crippen LogP contribution in [0.1, 0.15) is 268 Å². The molecule has 10 heteroatoms. The van der Waals surface area contributed by atoms with Gasteiger partial charge in [-0.25, -0.2) is 4.79 Å². The van der Waals surface area contributed by atoms with Crippen molar-refractivity contribution in [2.45, 2.75) is 274 Å². The van der Waals surface area contributed by atoms with Crippen molar-refractivity contribution in [2.75, 3.05) is 0 Å². The Morgan fingerprint density at radius 1 is 0.382 bits per heavy atom. The van der Waals surface area contributed by atoms with Crippen LogP contribution in [-0.2, 0) is 80.0 Å². The molecule has 0 saturated carbocycles. The molecule has 498 valence electrons. The van der Waals surface area contributed by atoms with Crippen molar-refractivity contribution in [2.24, 2.45) is 0 Å². The van der Waals surface area contributed by atoms with Gasteiger partial charge in [-0.15, -0.1) is 0 Å². The standard InChI is InChI=1S/C14H16O3.C13H18O2.C12H16O.C11H14O.C9H12.C7H14O2.C6H12O.C3H8.2C2H6/c1-3-10-5-7-11(8-6-10)9-13-12(4-2)16-14(15)17-13;1-4-11-5-7-12(8-6-11)9-13(14)15-10(2)3;1-3-10-5-7-11(8-6-10)9-12(13)4-2;1-3-4-11(12)10-7-5-9(2)6-8-10;1-3-9-6-4-8(2)5-7-9;1-4-5-7(8)9-6(2)3;1-3-5-6(7)4-2;1-3-2;2*1-2/h5-8H,3-4,9H2,1-2H3;5-8,10H,4,9H2,1-3H3;5-8H,3-4,9H2,1-2H3;5-8H,3-4H2,1-2H3;4-7H,3H2,1-2H3;6H,4-5H2,1-3H3;3-5H2,1-2H3;3H2,1-2H3;2*1-2H3. The van der Waals surface area contributed by atoms with Crippen LogP contribution in [0.25, 0.3) is 0 Å². The van der Waals surface area contributed by atoms with E-state index in [1.165, 1.54) is 39.8 Å². The molecule has 10 nitrogen and oxygen atoms in total. The summed E-state index contributed by atoms with van der Waals surface area (Å²) in [6.07, 6.45) is 13.8. The lowest BCUT2D eigenvalue weighted by atomic mass is 10.0. The molecule has 1 heterocycles. The Bertz CT molecular complexity index is 2710. The van der Waals surface area contributed by atoms with E-state index >= 15 is 0 Å². The van der Waals surface area contributed by atoms with Gasteiger partial charge in [0, 0.05) is 56.9 Å². The topological polar surface area (TPSA) is 147 Å². The first-order chi connectivity index (χ1) is 42.5. The number of carbonyl (C=O) groups is 5. The molecule has 5 aromatic carbocycles. The third kappa shape index (κ3) is 48.6. The Labute approximate surface area is 541 Å². The summed E-state index contributed by atoms with van der Waals surface area (Å²) in [5.74, 6) is 1.37. The zero-order valence-electron chi connectivity index (χ0n) is 59.8. The van der Waals surface area contributed by atoms with E-state index in [4.69, 9.17) is 18.3 Å². The number of hydrogen-bond donors (Lipinski definition) is 0. The molecule has 0 unspecified atom stereocenters. The summed E-state index contributed by atoms with van der Waals surface area (Å²) in [4.78, 5) is 65.9. The van der Waals surface area contributed by atoms with Gasteiger partial charge in [0.1, 0.15) is 17.3 Å². The van der Waals surface area contributed by atoms with Gasteiger partial charge in [0.15, 0.2) is 11.5 Å². The summed E-state index contributed by atoms with van der Waals surface area (Å²) in [6.45, 7) is 44.1. The second-order valence-corrected chi connectivity index (χ2v) is 21.1. The molecule has 0 radical (unpaired) electrons. The molecule has 0 aliphatic carbocycles. The minimum atomic E-state index is -0.609. The van der Waals surface area contributed by atoms with E-state index in [0.29, 0.717) is 74.5 Å². The van der Waals surface area contributed by atoms with Crippen molar-refractivity contribution < 1.29 is 42.3 Å². The van der Waals surface area contributed by atoms with Crippen molar-refractivity contribution in [3.05, 3.63) is 199 Å². The summed E-state index contributed by atoms with van der Waals surface area (Å²) in [5, 5.41) is 0. The minimum absolute atomic E-state index is 0.0315. The SMILES string of the molecule is CC.CC.CCC.CCC(=O)Cc1ccc(CC)cc1.CCCC(=O)CC.CCCC(=O)OC(C)C.CCCC(=O)c1ccc(C)cc1.CCc1ccc(C)cc1.CCc1ccc(CC(=O)OC(C)C)cc1.CCc1ccc(Cc2oc(=O)oc2CC)cc1. The number of benzene rings is 5. The second kappa shape index (κ2) is 58.7. The zero-order chi connectivity index (χ0) is 68.5. The highest BCUT2D eigenvalue weighted by atomic mass is 16.6. The third-order valence-electron chi connectivity index (χ3n) is 12.3. The van der Waals surface area contributed by atoms with E-state index in [-0.39, 0.29) is 29.9 Å². The molecule has 0 atom stereocenters. The molecule has 0 amide bonds. The maximum atomic E-state index is 11.4. The fourth-order valence-corrected chi connectivity index (χ4v) is 7.34. The molecular formula is C79H122O10. The van der Waals surface area contributed by atoms with Crippen molar-refractivity contribution in [1.82, 2.24) is 0 Å². The van der Waals surface area contributed by atoms with Crippen LogP contribution in [0, 0.1) is 13.8 Å². The first kappa shape index (κ1) is 88.5. The first-order valence-corrected chi connectivity index (χ1v) is 33.5. The number of ketones is 3. The lowest BCUT2D eigenvalue weighted by molar-refractivity contribution is -0.148. The van der Waals surface area contributed by atoms with Gasteiger partial charge in [-0.05, 0) is 125 Å². The Balaban J connectivity index is -0.000000472. The molecule has 0 N–H and O–H groups in total. The smallest absolute Gasteiger partial charge is 0.463 e. The van der Waals surface area contributed by atoms with E-state index in [9.17, 15) is 28.8 Å². The lowest BCUT2D eigenvalue weighted by Crippen LogP contribution is -2.13. The Hall–Kier alpha value is -6.94. The number of carbonyl (C=O) groups excluding carboxylic acids is 5. The molecule has 0 aliphatic heterocycles. The van der Waals surface area contributed by atoms with Gasteiger partial charge in [0.05, 0.1) is 18.6 Å². The van der Waals surface area contributed by atoms with Gasteiger partial charge in [-0.3, -0.25) is 24.0 Å². The molecule has 6 aromatic rings. The van der Waals surface area contributed by atoms with Crippen LogP contribution in [0.15, 0.2) is 135 Å². The van der Waals surface area contributed by atoms with Crippen molar-refractivity contribution in [1.29, 1.82) is 0 Å². The molecule has 89 heavy (non-hydrogen) atoms. The van der Waals surface area contributed by atoms with Crippen LogP contribution in [0.3, 0.4) is 0 Å². The van der Waals surface area contributed by atoms with Gasteiger partial charge in [-0.2, -0.15) is 0 Å². The van der Waals surface area contributed by atoms with E-state index in [1.54, 1.807) is 0 Å². The highest BCUT2D eigenvalue weighted by Gasteiger charge is 2.12. The number of esters is 2. The van der Waals surface area contributed by atoms with E-state index < -0.39 is 5.82 Å². The lowest BCUT2D eigenvalue weighted by Gasteiger charge is -2.07. The highest BCUT2D eigenvalue weighted by molar-refractivity contribution is 5.96. The Morgan fingerprint density at radius 2 is 0.708 bits per heavy atom. The number of aryl methyl sites for hydroxylation is 7. The average molecular weight is 1230 g/mol. The normalized spacial score (nSPS) is 9.57. The Morgan fingerprint density at radius 3 is 1.04 bits per heavy atom. The predicted molar refractivity (Wildman–Crippen MR) is 377 cm³/mol. The number of hydrogen-bond acceptors (Lipinski definition) is 10.